The van der Waals surface area contributed by atoms with Crippen LogP contribution < -0.4 is 5.32 Å². The lowest BCUT2D eigenvalue weighted by Crippen LogP contribution is -2.11. The Morgan fingerprint density at radius 1 is 1.19 bits per heavy atom. The molecule has 0 saturated carbocycles. The molecule has 0 saturated heterocycles. The molecule has 2 N–H and O–H groups in total. The SMILES string of the molecule is Cc1nc(C)c(C(=O)Nc2ccc3nc(Cc4ccccc4F)[nH]c3c2)s1. The van der Waals surface area contributed by atoms with Crippen molar-refractivity contribution in [3.05, 3.63) is 75.2 Å². The highest BCUT2D eigenvalue weighted by Gasteiger charge is 2.14. The third kappa shape index (κ3) is 3.59. The second-order valence-electron chi connectivity index (χ2n) is 6.29. The molecule has 5 nitrogen and oxygen atoms in total. The Morgan fingerprint density at radius 3 is 2.74 bits per heavy atom. The van der Waals surface area contributed by atoms with Gasteiger partial charge in [0.2, 0.25) is 0 Å². The van der Waals surface area contributed by atoms with Gasteiger partial charge in [-0.3, -0.25) is 4.79 Å². The van der Waals surface area contributed by atoms with Crippen LogP contribution in [0, 0.1) is 19.7 Å². The van der Waals surface area contributed by atoms with Crippen LogP contribution in [-0.4, -0.2) is 20.9 Å². The lowest BCUT2D eigenvalue weighted by atomic mass is 10.1. The minimum atomic E-state index is -0.249. The Kier molecular flexibility index (Phi) is 4.45. The number of hydrogen-bond donors (Lipinski definition) is 2. The van der Waals surface area contributed by atoms with Crippen molar-refractivity contribution in [2.45, 2.75) is 20.3 Å². The molecule has 0 fully saturated rings. The summed E-state index contributed by atoms with van der Waals surface area (Å²) in [5, 5.41) is 3.76. The first kappa shape index (κ1) is 17.4. The zero-order valence-electron chi connectivity index (χ0n) is 14.8. The van der Waals surface area contributed by atoms with Gasteiger partial charge in [0.1, 0.15) is 16.5 Å². The largest absolute Gasteiger partial charge is 0.342 e. The first-order valence-electron chi connectivity index (χ1n) is 8.47. The number of benzene rings is 2. The quantitative estimate of drug-likeness (QED) is 0.543. The number of thiazole rings is 1. The maximum atomic E-state index is 13.8. The number of halogens is 1. The zero-order chi connectivity index (χ0) is 19.0. The molecular formula is C20H17FN4OS. The number of hydrogen-bond acceptors (Lipinski definition) is 4. The number of aryl methyl sites for hydroxylation is 2. The van der Waals surface area contributed by atoms with E-state index in [4.69, 9.17) is 0 Å². The number of aromatic nitrogens is 3. The minimum absolute atomic E-state index is 0.177. The summed E-state index contributed by atoms with van der Waals surface area (Å²) in [5.41, 5.74) is 3.53. The fraction of sp³-hybridized carbons (Fsp3) is 0.150. The second kappa shape index (κ2) is 6.92. The van der Waals surface area contributed by atoms with Crippen molar-refractivity contribution in [2.24, 2.45) is 0 Å². The summed E-state index contributed by atoms with van der Waals surface area (Å²) in [6.07, 6.45) is 0.377. The summed E-state index contributed by atoms with van der Waals surface area (Å²) < 4.78 is 13.8. The smallest absolute Gasteiger partial charge is 0.267 e. The third-order valence-corrected chi connectivity index (χ3v) is 5.29. The van der Waals surface area contributed by atoms with E-state index < -0.39 is 0 Å². The van der Waals surface area contributed by atoms with E-state index in [1.165, 1.54) is 17.4 Å². The van der Waals surface area contributed by atoms with Crippen molar-refractivity contribution in [2.75, 3.05) is 5.32 Å². The van der Waals surface area contributed by atoms with Crippen LogP contribution in [0.15, 0.2) is 42.5 Å². The standard InChI is InChI=1S/C20H17FN4OS/c1-11-19(27-12(2)22-11)20(26)23-14-7-8-16-17(10-14)25-18(24-16)9-13-5-3-4-6-15(13)21/h3-8,10H,9H2,1-2H3,(H,23,26)(H,24,25). The molecule has 2 aromatic heterocycles. The van der Waals surface area contributed by atoms with Gasteiger partial charge in [0, 0.05) is 12.1 Å². The highest BCUT2D eigenvalue weighted by molar-refractivity contribution is 7.13. The number of rotatable bonds is 4. The van der Waals surface area contributed by atoms with Crippen molar-refractivity contribution in [3.8, 4) is 0 Å². The molecule has 136 valence electrons. The lowest BCUT2D eigenvalue weighted by Gasteiger charge is -2.03. The Bertz CT molecular complexity index is 1150. The predicted molar refractivity (Wildman–Crippen MR) is 105 cm³/mol. The van der Waals surface area contributed by atoms with Crippen LogP contribution in [0.4, 0.5) is 10.1 Å². The van der Waals surface area contributed by atoms with Crippen LogP contribution in [0.3, 0.4) is 0 Å². The molecule has 4 rings (SSSR count). The van der Waals surface area contributed by atoms with E-state index in [2.05, 4.69) is 20.3 Å². The normalized spacial score (nSPS) is 11.1. The van der Waals surface area contributed by atoms with Gasteiger partial charge in [-0.2, -0.15) is 0 Å². The summed E-state index contributed by atoms with van der Waals surface area (Å²) in [4.78, 5) is 25.1. The number of carbonyl (C=O) groups excluding carboxylic acids is 1. The first-order chi connectivity index (χ1) is 13.0. The van der Waals surface area contributed by atoms with E-state index >= 15 is 0 Å². The maximum absolute atomic E-state index is 13.8. The fourth-order valence-electron chi connectivity index (χ4n) is 2.98. The summed E-state index contributed by atoms with van der Waals surface area (Å²) in [6.45, 7) is 3.70. The molecule has 0 bridgehead atoms. The molecule has 2 heterocycles. The predicted octanol–water partition coefficient (Wildman–Crippen LogP) is 4.62. The Hall–Kier alpha value is -3.06. The van der Waals surface area contributed by atoms with Gasteiger partial charge in [0.05, 0.1) is 21.7 Å². The van der Waals surface area contributed by atoms with Gasteiger partial charge in [-0.1, -0.05) is 18.2 Å². The number of carbonyl (C=O) groups is 1. The molecule has 27 heavy (non-hydrogen) atoms. The van der Waals surface area contributed by atoms with Crippen molar-refractivity contribution in [3.63, 3.8) is 0 Å². The summed E-state index contributed by atoms with van der Waals surface area (Å²) in [7, 11) is 0. The van der Waals surface area contributed by atoms with E-state index in [0.29, 0.717) is 28.4 Å². The summed E-state index contributed by atoms with van der Waals surface area (Å²) >= 11 is 1.37. The molecule has 0 aliphatic carbocycles. The molecule has 4 aromatic rings. The van der Waals surface area contributed by atoms with Gasteiger partial charge in [-0.15, -0.1) is 11.3 Å². The summed E-state index contributed by atoms with van der Waals surface area (Å²) in [5.74, 6) is 0.247. The number of anilines is 1. The molecule has 0 aliphatic heterocycles. The van der Waals surface area contributed by atoms with Crippen LogP contribution in [0.5, 0.6) is 0 Å². The van der Waals surface area contributed by atoms with Gasteiger partial charge in [-0.25, -0.2) is 14.4 Å². The highest BCUT2D eigenvalue weighted by Crippen LogP contribution is 2.22. The molecule has 0 spiro atoms. The monoisotopic (exact) mass is 380 g/mol. The maximum Gasteiger partial charge on any atom is 0.267 e. The van der Waals surface area contributed by atoms with Crippen molar-refractivity contribution in [1.29, 1.82) is 0 Å². The Morgan fingerprint density at radius 2 is 2.00 bits per heavy atom. The Labute approximate surface area is 159 Å². The molecule has 0 aliphatic rings. The molecule has 0 atom stereocenters. The van der Waals surface area contributed by atoms with Crippen LogP contribution in [0.2, 0.25) is 0 Å². The lowest BCUT2D eigenvalue weighted by molar-refractivity contribution is 0.103. The number of aromatic amines is 1. The topological polar surface area (TPSA) is 70.7 Å². The molecular weight excluding hydrogens is 363 g/mol. The first-order valence-corrected chi connectivity index (χ1v) is 9.28. The van der Waals surface area contributed by atoms with Crippen LogP contribution in [0.1, 0.15) is 31.8 Å². The van der Waals surface area contributed by atoms with E-state index in [1.807, 2.05) is 26.0 Å². The molecule has 7 heteroatoms. The van der Waals surface area contributed by atoms with Crippen molar-refractivity contribution < 1.29 is 9.18 Å². The molecule has 2 aromatic carbocycles. The molecule has 1 amide bonds. The number of H-pyrrole nitrogens is 1. The fourth-order valence-corrected chi connectivity index (χ4v) is 3.79. The van der Waals surface area contributed by atoms with E-state index in [9.17, 15) is 9.18 Å². The van der Waals surface area contributed by atoms with E-state index in [0.717, 1.165) is 21.7 Å². The number of nitrogens with one attached hydrogen (secondary N) is 2. The Balaban J connectivity index is 1.56. The number of imidazole rings is 1. The zero-order valence-corrected chi connectivity index (χ0v) is 15.7. The van der Waals surface area contributed by atoms with Gasteiger partial charge >= 0.3 is 0 Å². The third-order valence-electron chi connectivity index (χ3n) is 4.21. The van der Waals surface area contributed by atoms with Crippen LogP contribution in [0.25, 0.3) is 11.0 Å². The van der Waals surface area contributed by atoms with Gasteiger partial charge in [-0.05, 0) is 43.7 Å². The van der Waals surface area contributed by atoms with Crippen LogP contribution in [-0.2, 0) is 6.42 Å². The van der Waals surface area contributed by atoms with E-state index in [-0.39, 0.29) is 11.7 Å². The van der Waals surface area contributed by atoms with Crippen molar-refractivity contribution in [1.82, 2.24) is 15.0 Å². The molecule has 0 radical (unpaired) electrons. The van der Waals surface area contributed by atoms with Gasteiger partial charge in [0.15, 0.2) is 0 Å². The minimum Gasteiger partial charge on any atom is -0.342 e. The molecule has 0 unspecified atom stereocenters. The average molecular weight is 380 g/mol. The van der Waals surface area contributed by atoms with E-state index in [1.54, 1.807) is 24.3 Å². The highest BCUT2D eigenvalue weighted by atomic mass is 32.1. The van der Waals surface area contributed by atoms with Crippen molar-refractivity contribution >= 4 is 34.0 Å². The van der Waals surface area contributed by atoms with Gasteiger partial charge in [0.25, 0.3) is 5.91 Å². The summed E-state index contributed by atoms with van der Waals surface area (Å²) in [6, 6.07) is 12.1. The second-order valence-corrected chi connectivity index (χ2v) is 7.49. The number of nitrogens with zero attached hydrogens (tertiary/aromatic N) is 2. The van der Waals surface area contributed by atoms with Crippen LogP contribution >= 0.6 is 11.3 Å². The van der Waals surface area contributed by atoms with Gasteiger partial charge < -0.3 is 10.3 Å². The average Bonchev–Trinajstić information content (AvgIpc) is 3.18. The number of fused-ring (bicyclic) bond motifs is 1. The number of amides is 1.